The molecule has 0 unspecified atom stereocenters. The van der Waals surface area contributed by atoms with Crippen molar-refractivity contribution in [3.63, 3.8) is 0 Å². The second kappa shape index (κ2) is 7.91. The number of para-hydroxylation sites is 1. The molecular formula is C20H26N2O3S. The van der Waals surface area contributed by atoms with Gasteiger partial charge in [0.05, 0.1) is 11.9 Å². The van der Waals surface area contributed by atoms with E-state index in [1.165, 1.54) is 0 Å². The minimum absolute atomic E-state index is 0.368. The number of sulfonamides is 1. The van der Waals surface area contributed by atoms with Gasteiger partial charge in [0.2, 0.25) is 15.9 Å². The zero-order valence-corrected chi connectivity index (χ0v) is 16.7. The Balaban J connectivity index is 2.34. The zero-order valence-electron chi connectivity index (χ0n) is 15.9. The van der Waals surface area contributed by atoms with Crippen LogP contribution in [0.25, 0.3) is 0 Å². The molecule has 0 aliphatic carbocycles. The standard InChI is InChI=1S/C20H26N2O3S/c1-6-17-10-12-18(13-11-17)22(26(5,24)25)16(4)20(23)21-19-14(2)8-7-9-15(19)3/h7-13,16H,6H2,1-5H3,(H,21,23)/t16-/m0/s1. The van der Waals surface area contributed by atoms with E-state index in [0.29, 0.717) is 5.69 Å². The summed E-state index contributed by atoms with van der Waals surface area (Å²) in [5, 5.41) is 2.88. The normalized spacial score (nSPS) is 12.5. The van der Waals surface area contributed by atoms with Crippen LogP contribution < -0.4 is 9.62 Å². The topological polar surface area (TPSA) is 66.5 Å². The number of aryl methyl sites for hydroxylation is 3. The molecule has 1 N–H and O–H groups in total. The lowest BCUT2D eigenvalue weighted by Gasteiger charge is -2.28. The van der Waals surface area contributed by atoms with E-state index in [1.807, 2.05) is 51.1 Å². The second-order valence-electron chi connectivity index (χ2n) is 6.51. The Hall–Kier alpha value is -2.34. The molecule has 0 radical (unpaired) electrons. The van der Waals surface area contributed by atoms with Crippen molar-refractivity contribution < 1.29 is 13.2 Å². The molecule has 26 heavy (non-hydrogen) atoms. The quantitative estimate of drug-likeness (QED) is 0.839. The van der Waals surface area contributed by atoms with Crippen molar-refractivity contribution in [2.45, 2.75) is 40.2 Å². The Bertz CT molecular complexity index is 870. The second-order valence-corrected chi connectivity index (χ2v) is 8.37. The third kappa shape index (κ3) is 4.43. The van der Waals surface area contributed by atoms with Crippen molar-refractivity contribution in [3.8, 4) is 0 Å². The van der Waals surface area contributed by atoms with Crippen molar-refractivity contribution >= 4 is 27.3 Å². The number of carbonyl (C=O) groups excluding carboxylic acids is 1. The Labute approximate surface area is 156 Å². The largest absolute Gasteiger partial charge is 0.324 e. The first-order valence-corrected chi connectivity index (χ1v) is 10.5. The van der Waals surface area contributed by atoms with E-state index in [1.54, 1.807) is 19.1 Å². The van der Waals surface area contributed by atoms with Crippen LogP contribution in [0.15, 0.2) is 42.5 Å². The van der Waals surface area contributed by atoms with Crippen LogP contribution in [-0.4, -0.2) is 26.6 Å². The number of nitrogens with one attached hydrogen (secondary N) is 1. The average molecular weight is 375 g/mol. The van der Waals surface area contributed by atoms with Crippen molar-refractivity contribution in [1.29, 1.82) is 0 Å². The highest BCUT2D eigenvalue weighted by Gasteiger charge is 2.29. The smallest absolute Gasteiger partial charge is 0.248 e. The van der Waals surface area contributed by atoms with Crippen LogP contribution in [0.2, 0.25) is 0 Å². The molecule has 140 valence electrons. The molecule has 1 atom stereocenters. The number of rotatable bonds is 6. The minimum atomic E-state index is -3.62. The fourth-order valence-corrected chi connectivity index (χ4v) is 4.10. The first kappa shape index (κ1) is 20.0. The highest BCUT2D eigenvalue weighted by molar-refractivity contribution is 7.92. The number of carbonyl (C=O) groups is 1. The predicted molar refractivity (Wildman–Crippen MR) is 107 cm³/mol. The first-order valence-electron chi connectivity index (χ1n) is 8.60. The highest BCUT2D eigenvalue weighted by atomic mass is 32.2. The summed E-state index contributed by atoms with van der Waals surface area (Å²) in [7, 11) is -3.62. The molecule has 0 saturated carbocycles. The van der Waals surface area contributed by atoms with E-state index in [0.717, 1.165) is 39.4 Å². The Morgan fingerprint density at radius 3 is 2.08 bits per heavy atom. The minimum Gasteiger partial charge on any atom is -0.324 e. The van der Waals surface area contributed by atoms with Crippen LogP contribution in [-0.2, 0) is 21.2 Å². The molecule has 2 rings (SSSR count). The van der Waals surface area contributed by atoms with Crippen molar-refractivity contribution in [2.24, 2.45) is 0 Å². The molecule has 2 aromatic rings. The third-order valence-corrected chi connectivity index (χ3v) is 5.66. The summed E-state index contributed by atoms with van der Waals surface area (Å²) >= 11 is 0. The number of benzene rings is 2. The zero-order chi connectivity index (χ0) is 19.5. The summed E-state index contributed by atoms with van der Waals surface area (Å²) in [5.74, 6) is -0.368. The summed E-state index contributed by atoms with van der Waals surface area (Å²) in [6, 6.07) is 12.1. The van der Waals surface area contributed by atoms with Crippen LogP contribution in [0.3, 0.4) is 0 Å². The van der Waals surface area contributed by atoms with Gasteiger partial charge < -0.3 is 5.32 Å². The molecule has 0 aliphatic heterocycles. The van der Waals surface area contributed by atoms with Crippen molar-refractivity contribution in [3.05, 3.63) is 59.2 Å². The maximum Gasteiger partial charge on any atom is 0.248 e. The molecule has 6 heteroatoms. The van der Waals surface area contributed by atoms with E-state index in [2.05, 4.69) is 5.32 Å². The summed E-state index contributed by atoms with van der Waals surface area (Å²) in [4.78, 5) is 12.8. The van der Waals surface area contributed by atoms with Gasteiger partial charge in [-0.1, -0.05) is 37.3 Å². The van der Waals surface area contributed by atoms with E-state index in [4.69, 9.17) is 0 Å². The number of hydrogen-bond donors (Lipinski definition) is 1. The molecule has 0 fully saturated rings. The lowest BCUT2D eigenvalue weighted by molar-refractivity contribution is -0.116. The maximum absolute atomic E-state index is 12.8. The number of anilines is 2. The fourth-order valence-electron chi connectivity index (χ4n) is 2.93. The van der Waals surface area contributed by atoms with Crippen LogP contribution in [0.1, 0.15) is 30.5 Å². The third-order valence-electron chi connectivity index (χ3n) is 4.42. The maximum atomic E-state index is 12.8. The highest BCUT2D eigenvalue weighted by Crippen LogP contribution is 2.24. The summed E-state index contributed by atoms with van der Waals surface area (Å²) in [6.45, 7) is 7.44. The molecule has 0 heterocycles. The van der Waals surface area contributed by atoms with Gasteiger partial charge in [0.25, 0.3) is 0 Å². The number of amides is 1. The summed E-state index contributed by atoms with van der Waals surface area (Å²) in [5.41, 5.74) is 4.18. The van der Waals surface area contributed by atoms with Gasteiger partial charge in [0.1, 0.15) is 6.04 Å². The predicted octanol–water partition coefficient (Wildman–Crippen LogP) is 3.66. The van der Waals surface area contributed by atoms with E-state index >= 15 is 0 Å². The first-order chi connectivity index (χ1) is 12.1. The molecule has 0 saturated heterocycles. The van der Waals surface area contributed by atoms with Gasteiger partial charge in [0.15, 0.2) is 0 Å². The van der Waals surface area contributed by atoms with Gasteiger partial charge in [0, 0.05) is 5.69 Å². The molecule has 0 bridgehead atoms. The van der Waals surface area contributed by atoms with Gasteiger partial charge >= 0.3 is 0 Å². The van der Waals surface area contributed by atoms with Crippen LogP contribution in [0, 0.1) is 13.8 Å². The molecule has 1 amide bonds. The monoisotopic (exact) mass is 374 g/mol. The van der Waals surface area contributed by atoms with Gasteiger partial charge in [-0.25, -0.2) is 8.42 Å². The fraction of sp³-hybridized carbons (Fsp3) is 0.350. The molecular weight excluding hydrogens is 348 g/mol. The number of nitrogens with zero attached hydrogens (tertiary/aromatic N) is 1. The van der Waals surface area contributed by atoms with Gasteiger partial charge in [-0.2, -0.15) is 0 Å². The van der Waals surface area contributed by atoms with Crippen LogP contribution in [0.5, 0.6) is 0 Å². The molecule has 5 nitrogen and oxygen atoms in total. The van der Waals surface area contributed by atoms with Gasteiger partial charge in [-0.3, -0.25) is 9.10 Å². The molecule has 2 aromatic carbocycles. The van der Waals surface area contributed by atoms with E-state index < -0.39 is 16.1 Å². The number of hydrogen-bond acceptors (Lipinski definition) is 3. The average Bonchev–Trinajstić information content (AvgIpc) is 2.57. The van der Waals surface area contributed by atoms with Gasteiger partial charge in [-0.05, 0) is 56.0 Å². The van der Waals surface area contributed by atoms with Crippen LogP contribution in [0.4, 0.5) is 11.4 Å². The van der Waals surface area contributed by atoms with E-state index in [-0.39, 0.29) is 5.91 Å². The lowest BCUT2D eigenvalue weighted by atomic mass is 10.1. The van der Waals surface area contributed by atoms with Crippen molar-refractivity contribution in [2.75, 3.05) is 15.9 Å². The van der Waals surface area contributed by atoms with Crippen molar-refractivity contribution in [1.82, 2.24) is 0 Å². The molecule has 0 aromatic heterocycles. The van der Waals surface area contributed by atoms with Gasteiger partial charge in [-0.15, -0.1) is 0 Å². The lowest BCUT2D eigenvalue weighted by Crippen LogP contribution is -2.45. The van der Waals surface area contributed by atoms with E-state index in [9.17, 15) is 13.2 Å². The SMILES string of the molecule is CCc1ccc(N([C@@H](C)C(=O)Nc2c(C)cccc2C)S(C)(=O)=O)cc1. The Morgan fingerprint density at radius 1 is 1.08 bits per heavy atom. The Kier molecular flexibility index (Phi) is 6.08. The molecule has 0 spiro atoms. The van der Waals surface area contributed by atoms with Crippen LogP contribution >= 0.6 is 0 Å². The Morgan fingerprint density at radius 2 is 1.62 bits per heavy atom. The summed E-state index contributed by atoms with van der Waals surface area (Å²) in [6.07, 6.45) is 1.98. The summed E-state index contributed by atoms with van der Waals surface area (Å²) < 4.78 is 25.9. The molecule has 0 aliphatic rings.